The first-order chi connectivity index (χ1) is 17.5. The van der Waals surface area contributed by atoms with Crippen LogP contribution in [0.5, 0.6) is 0 Å². The van der Waals surface area contributed by atoms with Crippen molar-refractivity contribution in [3.8, 4) is 11.1 Å². The Balaban J connectivity index is 1.32. The number of furan rings is 1. The molecule has 0 atom stereocenters. The van der Waals surface area contributed by atoms with Crippen LogP contribution in [0, 0.1) is 6.92 Å². The molecular weight excluding hydrogens is 474 g/mol. The lowest BCUT2D eigenvalue weighted by molar-refractivity contribution is 0.0953. The van der Waals surface area contributed by atoms with E-state index >= 15 is 0 Å². The number of amides is 2. The van der Waals surface area contributed by atoms with Crippen LogP contribution in [0.15, 0.2) is 88.4 Å². The summed E-state index contributed by atoms with van der Waals surface area (Å²) in [7, 11) is 0. The van der Waals surface area contributed by atoms with E-state index < -0.39 is 0 Å². The highest BCUT2D eigenvalue weighted by atomic mass is 35.5. The molecule has 5 rings (SSSR count). The zero-order valence-corrected chi connectivity index (χ0v) is 20.4. The predicted molar refractivity (Wildman–Crippen MR) is 142 cm³/mol. The van der Waals surface area contributed by atoms with Gasteiger partial charge in [-0.3, -0.25) is 9.59 Å². The highest BCUT2D eigenvalue weighted by molar-refractivity contribution is 6.31. The summed E-state index contributed by atoms with van der Waals surface area (Å²) in [6.07, 6.45) is 2.19. The van der Waals surface area contributed by atoms with Crippen molar-refractivity contribution in [1.29, 1.82) is 0 Å². The molecule has 0 radical (unpaired) electrons. The van der Waals surface area contributed by atoms with Crippen molar-refractivity contribution in [1.82, 2.24) is 5.43 Å². The summed E-state index contributed by atoms with van der Waals surface area (Å²) in [6, 6.07) is 24.3. The van der Waals surface area contributed by atoms with Crippen LogP contribution in [0.4, 0.5) is 5.69 Å². The number of carbonyl (C=O) groups excluding carboxylic acids is 2. The molecule has 0 saturated carbocycles. The Labute approximate surface area is 214 Å². The highest BCUT2D eigenvalue weighted by Crippen LogP contribution is 2.30. The van der Waals surface area contributed by atoms with Crippen LogP contribution in [0.25, 0.3) is 11.1 Å². The van der Waals surface area contributed by atoms with Gasteiger partial charge in [0.25, 0.3) is 11.8 Å². The highest BCUT2D eigenvalue weighted by Gasteiger charge is 2.28. The van der Waals surface area contributed by atoms with E-state index in [1.165, 1.54) is 0 Å². The fourth-order valence-electron chi connectivity index (χ4n) is 4.38. The Morgan fingerprint density at radius 1 is 0.889 bits per heavy atom. The Kier molecular flexibility index (Phi) is 6.69. The number of benzene rings is 3. The van der Waals surface area contributed by atoms with Crippen LogP contribution in [0.1, 0.15) is 50.6 Å². The first kappa shape index (κ1) is 23.6. The van der Waals surface area contributed by atoms with Gasteiger partial charge in [-0.25, -0.2) is 5.43 Å². The van der Waals surface area contributed by atoms with Gasteiger partial charge in [-0.1, -0.05) is 60.1 Å². The fourth-order valence-corrected chi connectivity index (χ4v) is 4.57. The molecule has 3 aromatic carbocycles. The summed E-state index contributed by atoms with van der Waals surface area (Å²) in [5.41, 5.74) is 8.08. The number of fused-ring (bicyclic) bond motifs is 1. The second-order valence-corrected chi connectivity index (χ2v) is 9.05. The number of anilines is 1. The van der Waals surface area contributed by atoms with Gasteiger partial charge in [-0.2, -0.15) is 5.10 Å². The summed E-state index contributed by atoms with van der Waals surface area (Å²) in [4.78, 5) is 25.7. The van der Waals surface area contributed by atoms with Crippen molar-refractivity contribution in [2.45, 2.75) is 26.2 Å². The smallest absolute Gasteiger partial charge is 0.291 e. The van der Waals surface area contributed by atoms with Gasteiger partial charge in [0.15, 0.2) is 5.76 Å². The average molecular weight is 498 g/mol. The zero-order valence-electron chi connectivity index (χ0n) is 19.7. The van der Waals surface area contributed by atoms with E-state index in [-0.39, 0.29) is 17.6 Å². The lowest BCUT2D eigenvalue weighted by Gasteiger charge is -2.13. The van der Waals surface area contributed by atoms with Crippen molar-refractivity contribution in [3.05, 3.63) is 112 Å². The number of nitrogens with one attached hydrogen (secondary N) is 2. The SMILES string of the molecule is Cc1c(C(=O)Nc2cccc(Cl)c2)oc2c1/C(=N/NC(=O)c1ccc(-c3ccccc3)cc1)CCC2. The normalized spacial score (nSPS) is 13.8. The lowest BCUT2D eigenvalue weighted by Crippen LogP contribution is -2.22. The second kappa shape index (κ2) is 10.2. The van der Waals surface area contributed by atoms with Gasteiger partial charge in [-0.05, 0) is 61.2 Å². The molecule has 1 aliphatic carbocycles. The fraction of sp³-hybridized carbons (Fsp3) is 0.138. The Morgan fingerprint density at radius 2 is 1.64 bits per heavy atom. The van der Waals surface area contributed by atoms with Gasteiger partial charge >= 0.3 is 0 Å². The molecule has 1 heterocycles. The monoisotopic (exact) mass is 497 g/mol. The van der Waals surface area contributed by atoms with E-state index in [0.717, 1.165) is 23.1 Å². The third-order valence-electron chi connectivity index (χ3n) is 6.16. The minimum absolute atomic E-state index is 0.234. The van der Waals surface area contributed by atoms with Crippen molar-refractivity contribution in [2.75, 3.05) is 5.32 Å². The number of aryl methyl sites for hydroxylation is 1. The van der Waals surface area contributed by atoms with E-state index in [0.29, 0.717) is 46.2 Å². The maximum absolute atomic E-state index is 12.9. The molecule has 7 heteroatoms. The van der Waals surface area contributed by atoms with E-state index in [4.69, 9.17) is 16.0 Å². The number of hydrogen-bond acceptors (Lipinski definition) is 4. The summed E-state index contributed by atoms with van der Waals surface area (Å²) in [5.74, 6) is 0.285. The molecule has 0 bridgehead atoms. The molecular formula is C29H24ClN3O3. The molecule has 0 unspecified atom stereocenters. The molecule has 0 spiro atoms. The first-order valence-electron chi connectivity index (χ1n) is 11.7. The van der Waals surface area contributed by atoms with Crippen LogP contribution >= 0.6 is 11.6 Å². The van der Waals surface area contributed by atoms with Crippen LogP contribution < -0.4 is 10.7 Å². The molecule has 2 N–H and O–H groups in total. The number of nitrogens with zero attached hydrogens (tertiary/aromatic N) is 1. The van der Waals surface area contributed by atoms with Crippen LogP contribution in [-0.4, -0.2) is 17.5 Å². The molecule has 6 nitrogen and oxygen atoms in total. The van der Waals surface area contributed by atoms with Crippen molar-refractivity contribution in [2.24, 2.45) is 5.10 Å². The van der Waals surface area contributed by atoms with Crippen molar-refractivity contribution in [3.63, 3.8) is 0 Å². The van der Waals surface area contributed by atoms with Crippen molar-refractivity contribution < 1.29 is 14.0 Å². The van der Waals surface area contributed by atoms with Gasteiger partial charge in [0, 0.05) is 33.8 Å². The minimum Gasteiger partial charge on any atom is -0.455 e. The second-order valence-electron chi connectivity index (χ2n) is 8.62. The van der Waals surface area contributed by atoms with E-state index in [1.807, 2.05) is 49.4 Å². The largest absolute Gasteiger partial charge is 0.455 e. The topological polar surface area (TPSA) is 83.7 Å². The molecule has 36 heavy (non-hydrogen) atoms. The Morgan fingerprint density at radius 3 is 2.39 bits per heavy atom. The maximum Gasteiger partial charge on any atom is 0.291 e. The maximum atomic E-state index is 12.9. The van der Waals surface area contributed by atoms with Crippen molar-refractivity contribution >= 4 is 34.8 Å². The predicted octanol–water partition coefficient (Wildman–Crippen LogP) is 6.63. The molecule has 1 aliphatic rings. The number of carbonyl (C=O) groups is 2. The minimum atomic E-state index is -0.356. The van der Waals surface area contributed by atoms with E-state index in [2.05, 4.69) is 15.8 Å². The summed E-state index contributed by atoms with van der Waals surface area (Å²) < 4.78 is 5.94. The molecule has 0 aliphatic heterocycles. The molecule has 4 aromatic rings. The van der Waals surface area contributed by atoms with E-state index in [1.54, 1.807) is 36.4 Å². The Bertz CT molecular complexity index is 1460. The van der Waals surface area contributed by atoms with Crippen LogP contribution in [-0.2, 0) is 6.42 Å². The molecule has 180 valence electrons. The van der Waals surface area contributed by atoms with Gasteiger partial charge < -0.3 is 9.73 Å². The summed E-state index contributed by atoms with van der Waals surface area (Å²) >= 11 is 6.02. The molecule has 1 aromatic heterocycles. The summed E-state index contributed by atoms with van der Waals surface area (Å²) in [6.45, 7) is 1.83. The number of hydrazone groups is 1. The van der Waals surface area contributed by atoms with Gasteiger partial charge in [-0.15, -0.1) is 0 Å². The number of halogens is 1. The lowest BCUT2D eigenvalue weighted by atomic mass is 9.93. The van der Waals surface area contributed by atoms with E-state index in [9.17, 15) is 9.59 Å². The average Bonchev–Trinajstić information content (AvgIpc) is 3.25. The summed E-state index contributed by atoms with van der Waals surface area (Å²) in [5, 5.41) is 7.77. The first-order valence-corrected chi connectivity index (χ1v) is 12.1. The number of rotatable bonds is 5. The molecule has 2 amide bonds. The van der Waals surface area contributed by atoms with Gasteiger partial charge in [0.1, 0.15) is 5.76 Å². The molecule has 0 saturated heterocycles. The number of hydrogen-bond donors (Lipinski definition) is 2. The van der Waals surface area contributed by atoms with Gasteiger partial charge in [0.2, 0.25) is 0 Å². The third-order valence-corrected chi connectivity index (χ3v) is 6.40. The standard InChI is InChI=1S/C29H24ClN3O3/c1-18-26-24(32-33-28(34)21-15-13-20(14-16-21)19-7-3-2-4-8-19)11-6-12-25(26)36-27(18)29(35)31-23-10-5-9-22(30)17-23/h2-5,7-10,13-17H,6,11-12H2,1H3,(H,31,35)(H,33,34)/b32-24+. The van der Waals surface area contributed by atoms with Gasteiger partial charge in [0.05, 0.1) is 5.71 Å². The Hall–Kier alpha value is -4.16. The third kappa shape index (κ3) is 4.95. The van der Waals surface area contributed by atoms with Crippen LogP contribution in [0.2, 0.25) is 5.02 Å². The molecule has 0 fully saturated rings. The zero-order chi connectivity index (χ0) is 25.1. The quantitative estimate of drug-likeness (QED) is 0.303. The van der Waals surface area contributed by atoms with Crippen LogP contribution in [0.3, 0.4) is 0 Å².